The van der Waals surface area contributed by atoms with Crippen molar-refractivity contribution in [3.05, 3.63) is 40.4 Å². The summed E-state index contributed by atoms with van der Waals surface area (Å²) in [7, 11) is 0. The minimum Gasteiger partial charge on any atom is -0.480 e. The minimum atomic E-state index is -1.05. The molecule has 1 aromatic carbocycles. The van der Waals surface area contributed by atoms with Gasteiger partial charge in [-0.15, -0.1) is 0 Å². The zero-order chi connectivity index (χ0) is 15.0. The molecule has 0 bridgehead atoms. The summed E-state index contributed by atoms with van der Waals surface area (Å²) in [6.45, 7) is 4.19. The van der Waals surface area contributed by atoms with Crippen LogP contribution >= 0.6 is 23.2 Å². The van der Waals surface area contributed by atoms with Gasteiger partial charge < -0.3 is 14.9 Å². The molecule has 5 nitrogen and oxygen atoms in total. The molecule has 0 spiro atoms. The molecule has 0 radical (unpaired) electrons. The van der Waals surface area contributed by atoms with Crippen molar-refractivity contribution in [2.75, 3.05) is 6.61 Å². The Labute approximate surface area is 138 Å². The Morgan fingerprint density at radius 1 is 1.30 bits per heavy atom. The molecule has 0 fully saturated rings. The van der Waals surface area contributed by atoms with Crippen LogP contribution in [0.4, 0.5) is 0 Å². The van der Waals surface area contributed by atoms with E-state index in [0.717, 1.165) is 0 Å². The van der Waals surface area contributed by atoms with Crippen molar-refractivity contribution in [2.24, 2.45) is 0 Å². The first-order valence-corrected chi connectivity index (χ1v) is 5.68. The van der Waals surface area contributed by atoms with E-state index in [-0.39, 0.29) is 25.1 Å². The number of hydrogen-bond donors (Lipinski definition) is 2. The van der Waals surface area contributed by atoms with Crippen LogP contribution in [0.2, 0.25) is 10.0 Å². The van der Waals surface area contributed by atoms with Crippen LogP contribution < -0.4 is 4.74 Å². The van der Waals surface area contributed by atoms with Gasteiger partial charge in [-0.05, 0) is 25.1 Å². The molecule has 0 aliphatic heterocycles. The molecule has 20 heavy (non-hydrogen) atoms. The number of carbonyl (C=O) groups is 2. The van der Waals surface area contributed by atoms with E-state index in [1.54, 1.807) is 6.07 Å². The third-order valence-corrected chi connectivity index (χ3v) is 2.14. The second kappa shape index (κ2) is 10.7. The van der Waals surface area contributed by atoms with E-state index in [9.17, 15) is 9.59 Å². The molecule has 0 unspecified atom stereocenters. The first kappa shape index (κ1) is 21.2. The van der Waals surface area contributed by atoms with Crippen molar-refractivity contribution in [3.8, 4) is 5.75 Å². The summed E-state index contributed by atoms with van der Waals surface area (Å²) >= 11 is 11.3. The first-order valence-electron chi connectivity index (χ1n) is 4.92. The van der Waals surface area contributed by atoms with Crippen LogP contribution in [0, 0.1) is 0 Å². The predicted octanol–water partition coefficient (Wildman–Crippen LogP) is 3.10. The summed E-state index contributed by atoms with van der Waals surface area (Å²) in [5.74, 6) is -1.67. The third-order valence-electron chi connectivity index (χ3n) is 1.61. The first-order chi connectivity index (χ1) is 8.73. The molecule has 0 aromatic heterocycles. The summed E-state index contributed by atoms with van der Waals surface area (Å²) in [5, 5.41) is 17.0. The summed E-state index contributed by atoms with van der Waals surface area (Å²) in [4.78, 5) is 19.8. The van der Waals surface area contributed by atoms with Crippen molar-refractivity contribution in [1.82, 2.24) is 0 Å². The van der Waals surface area contributed by atoms with Crippen molar-refractivity contribution < 1.29 is 44.0 Å². The molecule has 0 heterocycles. The maximum atomic E-state index is 10.2. The van der Waals surface area contributed by atoms with Gasteiger partial charge in [0.25, 0.3) is 0 Å². The van der Waals surface area contributed by atoms with Gasteiger partial charge >= 0.3 is 11.9 Å². The van der Waals surface area contributed by atoms with Gasteiger partial charge in [-0.25, -0.2) is 9.59 Å². The quantitative estimate of drug-likeness (QED) is 0.627. The maximum Gasteiger partial charge on any atom is 0.341 e. The SMILES string of the molecule is C=C(C)C(=O)O.O=C(O)COc1ccc(Cl)cc1Cl.[Zn]. The van der Waals surface area contributed by atoms with Gasteiger partial charge in [0.15, 0.2) is 6.61 Å². The molecule has 0 aliphatic carbocycles. The number of carboxylic acids is 2. The number of benzene rings is 1. The molecular formula is C12H12Cl2O5Zn. The Morgan fingerprint density at radius 3 is 2.15 bits per heavy atom. The molecule has 0 saturated heterocycles. The topological polar surface area (TPSA) is 83.8 Å². The standard InChI is InChI=1S/C8H6Cl2O3.C4H6O2.Zn/c9-5-1-2-7(6(10)3-5)13-4-8(11)12;1-3(2)4(5)6;/h1-3H,4H2,(H,11,12);1H2,2H3,(H,5,6);. The van der Waals surface area contributed by atoms with E-state index in [1.807, 2.05) is 0 Å². The fourth-order valence-corrected chi connectivity index (χ4v) is 1.19. The molecule has 0 aliphatic rings. The monoisotopic (exact) mass is 370 g/mol. The van der Waals surface area contributed by atoms with E-state index < -0.39 is 18.5 Å². The zero-order valence-corrected chi connectivity index (χ0v) is 15.2. The van der Waals surface area contributed by atoms with Gasteiger partial charge in [-0.1, -0.05) is 29.8 Å². The number of rotatable bonds is 4. The summed E-state index contributed by atoms with van der Waals surface area (Å²) in [5.41, 5.74) is 0.176. The van der Waals surface area contributed by atoms with Crippen molar-refractivity contribution in [3.63, 3.8) is 0 Å². The van der Waals surface area contributed by atoms with Crippen LogP contribution in [-0.2, 0) is 29.1 Å². The Kier molecular flexibility index (Phi) is 11.3. The average molecular weight is 373 g/mol. The van der Waals surface area contributed by atoms with Gasteiger partial charge in [0.05, 0.1) is 5.02 Å². The van der Waals surface area contributed by atoms with Gasteiger partial charge in [0.1, 0.15) is 5.75 Å². The maximum absolute atomic E-state index is 10.2. The summed E-state index contributed by atoms with van der Waals surface area (Å²) < 4.78 is 4.86. The van der Waals surface area contributed by atoms with Crippen molar-refractivity contribution in [2.45, 2.75) is 6.92 Å². The van der Waals surface area contributed by atoms with Crippen LogP contribution in [0.25, 0.3) is 0 Å². The molecule has 2 N–H and O–H groups in total. The van der Waals surface area contributed by atoms with Crippen LogP contribution in [0.1, 0.15) is 6.92 Å². The number of aliphatic carboxylic acids is 2. The molecule has 0 amide bonds. The smallest absolute Gasteiger partial charge is 0.341 e. The Bertz CT molecular complexity index is 479. The minimum absolute atomic E-state index is 0. The van der Waals surface area contributed by atoms with E-state index >= 15 is 0 Å². The largest absolute Gasteiger partial charge is 0.480 e. The molecule has 8 heteroatoms. The average Bonchev–Trinajstić information content (AvgIpc) is 2.28. The van der Waals surface area contributed by atoms with Crippen LogP contribution in [-0.4, -0.2) is 28.8 Å². The van der Waals surface area contributed by atoms with Crippen LogP contribution in [0.3, 0.4) is 0 Å². The van der Waals surface area contributed by atoms with E-state index in [4.69, 9.17) is 38.2 Å². The number of carboxylic acid groups (broad SMARTS) is 2. The van der Waals surface area contributed by atoms with Crippen LogP contribution in [0.5, 0.6) is 5.75 Å². The van der Waals surface area contributed by atoms with Crippen LogP contribution in [0.15, 0.2) is 30.4 Å². The Morgan fingerprint density at radius 2 is 1.80 bits per heavy atom. The third kappa shape index (κ3) is 9.78. The predicted molar refractivity (Wildman–Crippen MR) is 72.0 cm³/mol. The zero-order valence-electron chi connectivity index (χ0n) is 10.7. The Balaban J connectivity index is 0. The van der Waals surface area contributed by atoms with Gasteiger partial charge in [-0.2, -0.15) is 0 Å². The Hall–Kier alpha value is -1.10. The van der Waals surface area contributed by atoms with E-state index in [1.165, 1.54) is 19.1 Å². The van der Waals surface area contributed by atoms with E-state index in [0.29, 0.717) is 15.8 Å². The second-order valence-electron chi connectivity index (χ2n) is 3.34. The summed E-state index contributed by atoms with van der Waals surface area (Å²) in [6, 6.07) is 4.58. The van der Waals surface area contributed by atoms with E-state index in [2.05, 4.69) is 6.58 Å². The molecule has 0 saturated carbocycles. The van der Waals surface area contributed by atoms with Gasteiger partial charge in [0, 0.05) is 30.1 Å². The molecular weight excluding hydrogens is 360 g/mol. The fourth-order valence-electron chi connectivity index (χ4n) is 0.732. The number of ether oxygens (including phenoxy) is 1. The molecule has 1 aromatic rings. The second-order valence-corrected chi connectivity index (χ2v) is 4.19. The molecule has 106 valence electrons. The van der Waals surface area contributed by atoms with Gasteiger partial charge in [0.2, 0.25) is 0 Å². The molecule has 1 rings (SSSR count). The van der Waals surface area contributed by atoms with Crippen molar-refractivity contribution in [1.29, 1.82) is 0 Å². The molecule has 0 atom stereocenters. The van der Waals surface area contributed by atoms with Gasteiger partial charge in [-0.3, -0.25) is 0 Å². The number of hydrogen-bond acceptors (Lipinski definition) is 3. The normalized spacial score (nSPS) is 8.55. The number of halogens is 2. The van der Waals surface area contributed by atoms with Crippen molar-refractivity contribution >= 4 is 35.1 Å². The fraction of sp³-hybridized carbons (Fsp3) is 0.167. The summed E-state index contributed by atoms with van der Waals surface area (Å²) in [6.07, 6.45) is 0.